The third-order valence-electron chi connectivity index (χ3n) is 5.62. The Morgan fingerprint density at radius 3 is 2.71 bits per heavy atom. The lowest BCUT2D eigenvalue weighted by Crippen LogP contribution is -2.38. The van der Waals surface area contributed by atoms with Crippen molar-refractivity contribution in [1.82, 2.24) is 14.9 Å². The first kappa shape index (κ1) is 18.7. The molecule has 2 aliphatic rings. The summed E-state index contributed by atoms with van der Waals surface area (Å²) in [6, 6.07) is 2.28. The summed E-state index contributed by atoms with van der Waals surface area (Å²) < 4.78 is 27.6. The second-order valence-corrected chi connectivity index (χ2v) is 7.58. The van der Waals surface area contributed by atoms with Crippen LogP contribution in [-0.2, 0) is 13.0 Å². The van der Waals surface area contributed by atoms with Gasteiger partial charge in [-0.15, -0.1) is 0 Å². The molecule has 1 aromatic carbocycles. The zero-order valence-corrected chi connectivity index (χ0v) is 16.0. The largest absolute Gasteiger partial charge is 0.355 e. The number of carbonyl (C=O) groups is 1. The second-order valence-electron chi connectivity index (χ2n) is 7.58. The molecule has 1 aromatic heterocycles. The van der Waals surface area contributed by atoms with Crippen LogP contribution in [-0.4, -0.2) is 46.5 Å². The Morgan fingerprint density at radius 2 is 2.00 bits per heavy atom. The molecular weight excluding hydrogens is 364 g/mol. The van der Waals surface area contributed by atoms with Gasteiger partial charge in [-0.25, -0.2) is 18.7 Å². The number of nitrogens with zero attached hydrogens (tertiary/aromatic N) is 4. The highest BCUT2D eigenvalue weighted by Gasteiger charge is 2.29. The average Bonchev–Trinajstić information content (AvgIpc) is 3.09. The lowest BCUT2D eigenvalue weighted by Gasteiger charge is -2.29. The van der Waals surface area contributed by atoms with E-state index in [1.807, 2.05) is 13.8 Å². The Labute approximate surface area is 162 Å². The van der Waals surface area contributed by atoms with E-state index in [0.717, 1.165) is 36.1 Å². The Morgan fingerprint density at radius 1 is 1.21 bits per heavy atom. The maximum Gasteiger partial charge on any atom is 0.292 e. The smallest absolute Gasteiger partial charge is 0.292 e. The predicted molar refractivity (Wildman–Crippen MR) is 101 cm³/mol. The van der Waals surface area contributed by atoms with Crippen molar-refractivity contribution in [3.05, 3.63) is 52.0 Å². The third kappa shape index (κ3) is 3.32. The highest BCUT2D eigenvalue weighted by Crippen LogP contribution is 2.26. The molecular formula is C20H23F2N5O. The molecule has 0 spiro atoms. The van der Waals surface area contributed by atoms with E-state index in [9.17, 15) is 13.6 Å². The van der Waals surface area contributed by atoms with Crippen molar-refractivity contribution in [3.63, 3.8) is 0 Å². The molecule has 8 heteroatoms. The number of amides is 1. The Hall–Kier alpha value is -2.61. The van der Waals surface area contributed by atoms with Crippen LogP contribution in [0.25, 0.3) is 0 Å². The number of anilines is 1. The number of hydrogen-bond donors (Lipinski definition) is 1. The van der Waals surface area contributed by atoms with Crippen LogP contribution in [0.3, 0.4) is 0 Å². The van der Waals surface area contributed by atoms with E-state index in [4.69, 9.17) is 5.73 Å². The van der Waals surface area contributed by atoms with Gasteiger partial charge in [0.05, 0.1) is 0 Å². The summed E-state index contributed by atoms with van der Waals surface area (Å²) in [5, 5.41) is 0. The monoisotopic (exact) mass is 387 g/mol. The molecule has 3 heterocycles. The molecule has 0 aliphatic carbocycles. The molecule has 1 saturated heterocycles. The molecule has 2 aliphatic heterocycles. The van der Waals surface area contributed by atoms with Crippen LogP contribution in [0, 0.1) is 25.5 Å². The maximum atomic E-state index is 14.2. The number of aromatic nitrogens is 2. The molecule has 1 atom stereocenters. The molecule has 0 saturated carbocycles. The number of carbonyl (C=O) groups excluding carboxylic acids is 1. The zero-order chi connectivity index (χ0) is 20.0. The van der Waals surface area contributed by atoms with Crippen LogP contribution in [0.15, 0.2) is 12.1 Å². The van der Waals surface area contributed by atoms with Crippen molar-refractivity contribution in [3.8, 4) is 0 Å². The number of nitrogens with two attached hydrogens (primary N) is 1. The van der Waals surface area contributed by atoms with Gasteiger partial charge in [-0.05, 0) is 38.3 Å². The van der Waals surface area contributed by atoms with E-state index < -0.39 is 11.6 Å². The van der Waals surface area contributed by atoms with Gasteiger partial charge < -0.3 is 15.5 Å². The lowest BCUT2D eigenvalue weighted by atomic mass is 9.99. The fraction of sp³-hybridized carbons (Fsp3) is 0.450. The Kier molecular flexibility index (Phi) is 4.74. The van der Waals surface area contributed by atoms with Gasteiger partial charge in [0.1, 0.15) is 17.5 Å². The van der Waals surface area contributed by atoms with Crippen LogP contribution in [0.5, 0.6) is 0 Å². The first-order chi connectivity index (χ1) is 13.3. The van der Waals surface area contributed by atoms with E-state index in [0.29, 0.717) is 30.6 Å². The van der Waals surface area contributed by atoms with Gasteiger partial charge >= 0.3 is 0 Å². The standard InChI is InChI=1S/C20H23F2N5O/c1-11-12(2)24-18(25-19(11)26-6-4-15(23)9-26)20(28)27-5-3-13-7-14(21)8-17(22)16(13)10-27/h7-8,15H,3-6,9-10,23H2,1-2H3/t15-/m1/s1. The fourth-order valence-corrected chi connectivity index (χ4v) is 3.89. The van der Waals surface area contributed by atoms with Gasteiger partial charge in [-0.2, -0.15) is 0 Å². The molecule has 2 aromatic rings. The first-order valence-corrected chi connectivity index (χ1v) is 9.45. The second kappa shape index (κ2) is 7.09. The number of hydrogen-bond acceptors (Lipinski definition) is 5. The van der Waals surface area contributed by atoms with Gasteiger partial charge in [0.25, 0.3) is 5.91 Å². The minimum absolute atomic E-state index is 0.0838. The number of fused-ring (bicyclic) bond motifs is 1. The van der Waals surface area contributed by atoms with Crippen LogP contribution < -0.4 is 10.6 Å². The average molecular weight is 387 g/mol. The van der Waals surface area contributed by atoms with Crippen molar-refractivity contribution in [2.45, 2.75) is 39.3 Å². The van der Waals surface area contributed by atoms with Crippen LogP contribution in [0.1, 0.15) is 39.4 Å². The van der Waals surface area contributed by atoms with Crippen LogP contribution in [0.2, 0.25) is 0 Å². The van der Waals surface area contributed by atoms with Gasteiger partial charge in [-0.1, -0.05) is 0 Å². The summed E-state index contributed by atoms with van der Waals surface area (Å²) in [5.41, 5.74) is 8.64. The molecule has 1 amide bonds. The summed E-state index contributed by atoms with van der Waals surface area (Å²) in [5.74, 6) is -0.733. The minimum Gasteiger partial charge on any atom is -0.355 e. The van der Waals surface area contributed by atoms with Crippen molar-refractivity contribution in [2.24, 2.45) is 5.73 Å². The van der Waals surface area contributed by atoms with Gasteiger partial charge in [0, 0.05) is 55.1 Å². The minimum atomic E-state index is -0.625. The quantitative estimate of drug-likeness (QED) is 0.854. The van der Waals surface area contributed by atoms with Crippen molar-refractivity contribution in [1.29, 1.82) is 0 Å². The summed E-state index contributed by atoms with van der Waals surface area (Å²) in [4.78, 5) is 25.6. The van der Waals surface area contributed by atoms with Crippen molar-refractivity contribution in [2.75, 3.05) is 24.5 Å². The molecule has 6 nitrogen and oxygen atoms in total. The van der Waals surface area contributed by atoms with E-state index in [2.05, 4.69) is 14.9 Å². The van der Waals surface area contributed by atoms with Gasteiger partial charge in [0.15, 0.2) is 0 Å². The van der Waals surface area contributed by atoms with Gasteiger partial charge in [0.2, 0.25) is 5.82 Å². The molecule has 148 valence electrons. The fourth-order valence-electron chi connectivity index (χ4n) is 3.89. The predicted octanol–water partition coefficient (Wildman–Crippen LogP) is 2.11. The number of aryl methyl sites for hydroxylation is 1. The molecule has 4 rings (SSSR count). The number of rotatable bonds is 2. The van der Waals surface area contributed by atoms with Crippen LogP contribution in [0.4, 0.5) is 14.6 Å². The summed E-state index contributed by atoms with van der Waals surface area (Å²) in [7, 11) is 0. The van der Waals surface area contributed by atoms with E-state index in [1.54, 1.807) is 0 Å². The number of benzene rings is 1. The highest BCUT2D eigenvalue weighted by atomic mass is 19.1. The normalized spacial score (nSPS) is 19.1. The summed E-state index contributed by atoms with van der Waals surface area (Å²) >= 11 is 0. The summed E-state index contributed by atoms with van der Waals surface area (Å²) in [6.45, 7) is 5.72. The van der Waals surface area contributed by atoms with E-state index >= 15 is 0 Å². The molecule has 28 heavy (non-hydrogen) atoms. The van der Waals surface area contributed by atoms with Gasteiger partial charge in [-0.3, -0.25) is 4.79 Å². The zero-order valence-electron chi connectivity index (χ0n) is 16.0. The maximum absolute atomic E-state index is 14.2. The van der Waals surface area contributed by atoms with E-state index in [-0.39, 0.29) is 24.3 Å². The van der Waals surface area contributed by atoms with Crippen molar-refractivity contribution < 1.29 is 13.6 Å². The summed E-state index contributed by atoms with van der Waals surface area (Å²) in [6.07, 6.45) is 1.28. The lowest BCUT2D eigenvalue weighted by molar-refractivity contribution is 0.0719. The Balaban J connectivity index is 1.62. The number of halogens is 2. The first-order valence-electron chi connectivity index (χ1n) is 9.45. The Bertz CT molecular complexity index is 949. The molecule has 0 bridgehead atoms. The van der Waals surface area contributed by atoms with Crippen molar-refractivity contribution >= 4 is 11.7 Å². The highest BCUT2D eigenvalue weighted by molar-refractivity contribution is 5.91. The molecule has 0 unspecified atom stereocenters. The molecule has 0 radical (unpaired) electrons. The SMILES string of the molecule is Cc1nc(C(=O)N2CCc3cc(F)cc(F)c3C2)nc(N2CC[C@@H](N)C2)c1C. The molecule has 1 fully saturated rings. The van der Waals surface area contributed by atoms with E-state index in [1.165, 1.54) is 11.0 Å². The molecule has 2 N–H and O–H groups in total. The van der Waals surface area contributed by atoms with Crippen LogP contribution >= 0.6 is 0 Å². The topological polar surface area (TPSA) is 75.4 Å². The third-order valence-corrected chi connectivity index (χ3v) is 5.62.